The first-order valence-corrected chi connectivity index (χ1v) is 6.73. The molecule has 0 aliphatic rings. The van der Waals surface area contributed by atoms with Crippen molar-refractivity contribution in [1.29, 1.82) is 0 Å². The van der Waals surface area contributed by atoms with Crippen LogP contribution in [0.3, 0.4) is 0 Å². The summed E-state index contributed by atoms with van der Waals surface area (Å²) in [6.45, 7) is 7.49. The summed E-state index contributed by atoms with van der Waals surface area (Å²) in [5, 5.41) is 0. The molecule has 0 aliphatic carbocycles. The second-order valence-corrected chi connectivity index (χ2v) is 5.10. The zero-order valence-electron chi connectivity index (χ0n) is 12.3. The van der Waals surface area contributed by atoms with Crippen LogP contribution in [-0.4, -0.2) is 26.2 Å². The van der Waals surface area contributed by atoms with Crippen molar-refractivity contribution in [2.75, 3.05) is 30.8 Å². The van der Waals surface area contributed by atoms with Gasteiger partial charge in [0.2, 0.25) is 0 Å². The number of hydrogen-bond acceptors (Lipinski definition) is 4. The molecule has 19 heavy (non-hydrogen) atoms. The molecule has 0 amide bonds. The summed E-state index contributed by atoms with van der Waals surface area (Å²) < 4.78 is 4.95. The lowest BCUT2D eigenvalue weighted by Gasteiger charge is -2.22. The SMILES string of the molecule is CCOC(=O)c1ccc(N(C)CCC(C)C)c(N)c1. The standard InChI is InChI=1S/C15H24N2O2/c1-5-19-15(18)12-6-7-14(13(16)10-12)17(4)9-8-11(2)3/h6-7,10-11H,5,8-9,16H2,1-4H3. The van der Waals surface area contributed by atoms with Gasteiger partial charge in [-0.15, -0.1) is 0 Å². The Morgan fingerprint density at radius 3 is 2.63 bits per heavy atom. The molecule has 0 fully saturated rings. The third-order valence-corrected chi connectivity index (χ3v) is 2.99. The number of carbonyl (C=O) groups is 1. The molecule has 1 rings (SSSR count). The first kappa shape index (κ1) is 15.3. The van der Waals surface area contributed by atoms with Gasteiger partial charge in [0.1, 0.15) is 0 Å². The molecule has 106 valence electrons. The highest BCUT2D eigenvalue weighted by atomic mass is 16.5. The molecule has 0 unspecified atom stereocenters. The molecule has 0 saturated carbocycles. The van der Waals surface area contributed by atoms with Gasteiger partial charge in [0.25, 0.3) is 0 Å². The fraction of sp³-hybridized carbons (Fsp3) is 0.533. The molecule has 0 bridgehead atoms. The first-order chi connectivity index (χ1) is 8.95. The minimum Gasteiger partial charge on any atom is -0.462 e. The van der Waals surface area contributed by atoms with Crippen LogP contribution in [0.2, 0.25) is 0 Å². The van der Waals surface area contributed by atoms with E-state index in [1.807, 2.05) is 13.1 Å². The number of hydrogen-bond donors (Lipinski definition) is 1. The number of nitrogens with two attached hydrogens (primary N) is 1. The molecule has 2 N–H and O–H groups in total. The highest BCUT2D eigenvalue weighted by Gasteiger charge is 2.11. The van der Waals surface area contributed by atoms with Gasteiger partial charge >= 0.3 is 5.97 Å². The summed E-state index contributed by atoms with van der Waals surface area (Å²) in [4.78, 5) is 13.7. The van der Waals surface area contributed by atoms with Crippen LogP contribution >= 0.6 is 0 Å². The Hall–Kier alpha value is -1.71. The van der Waals surface area contributed by atoms with Gasteiger partial charge in [-0.3, -0.25) is 0 Å². The van der Waals surface area contributed by atoms with E-state index in [2.05, 4.69) is 18.7 Å². The molecule has 4 nitrogen and oxygen atoms in total. The van der Waals surface area contributed by atoms with Crippen molar-refractivity contribution in [1.82, 2.24) is 0 Å². The van der Waals surface area contributed by atoms with Crippen LogP contribution in [0.25, 0.3) is 0 Å². The second-order valence-electron chi connectivity index (χ2n) is 5.10. The summed E-state index contributed by atoms with van der Waals surface area (Å²) in [7, 11) is 2.01. The molecule has 1 aromatic carbocycles. The molecule has 0 radical (unpaired) electrons. The Morgan fingerprint density at radius 2 is 2.11 bits per heavy atom. The van der Waals surface area contributed by atoms with Crippen molar-refractivity contribution in [3.63, 3.8) is 0 Å². The summed E-state index contributed by atoms with van der Waals surface area (Å²) in [6, 6.07) is 5.32. The van der Waals surface area contributed by atoms with E-state index < -0.39 is 0 Å². The topological polar surface area (TPSA) is 55.6 Å². The first-order valence-electron chi connectivity index (χ1n) is 6.73. The average Bonchev–Trinajstić information content (AvgIpc) is 2.36. The molecular weight excluding hydrogens is 240 g/mol. The monoisotopic (exact) mass is 264 g/mol. The molecule has 0 heterocycles. The number of benzene rings is 1. The molecule has 0 saturated heterocycles. The molecule has 0 atom stereocenters. The van der Waals surface area contributed by atoms with Crippen molar-refractivity contribution in [3.05, 3.63) is 23.8 Å². The highest BCUT2D eigenvalue weighted by Crippen LogP contribution is 2.24. The van der Waals surface area contributed by atoms with Crippen LogP contribution in [0.4, 0.5) is 11.4 Å². The zero-order valence-corrected chi connectivity index (χ0v) is 12.3. The predicted octanol–water partition coefficient (Wildman–Crippen LogP) is 2.93. The molecule has 0 aromatic heterocycles. The van der Waals surface area contributed by atoms with Gasteiger partial charge in [-0.1, -0.05) is 13.8 Å². The van der Waals surface area contributed by atoms with Crippen LogP contribution in [0.5, 0.6) is 0 Å². The fourth-order valence-electron chi connectivity index (χ4n) is 1.82. The Balaban J connectivity index is 2.79. The maximum atomic E-state index is 11.6. The lowest BCUT2D eigenvalue weighted by molar-refractivity contribution is 0.0526. The Labute approximate surface area is 115 Å². The maximum Gasteiger partial charge on any atom is 0.338 e. The molecule has 4 heteroatoms. The third kappa shape index (κ3) is 4.47. The number of esters is 1. The average molecular weight is 264 g/mol. The summed E-state index contributed by atoms with van der Waals surface area (Å²) in [6.07, 6.45) is 1.11. The third-order valence-electron chi connectivity index (χ3n) is 2.99. The minimum atomic E-state index is -0.328. The summed E-state index contributed by atoms with van der Waals surface area (Å²) >= 11 is 0. The van der Waals surface area contributed by atoms with E-state index >= 15 is 0 Å². The number of nitrogens with zero attached hydrogens (tertiary/aromatic N) is 1. The van der Waals surface area contributed by atoms with Gasteiger partial charge in [-0.05, 0) is 37.5 Å². The van der Waals surface area contributed by atoms with E-state index in [-0.39, 0.29) is 5.97 Å². The van der Waals surface area contributed by atoms with E-state index in [1.165, 1.54) is 0 Å². The summed E-state index contributed by atoms with van der Waals surface area (Å²) in [5.41, 5.74) is 8.07. The minimum absolute atomic E-state index is 0.328. The Kier molecular flexibility index (Phi) is 5.67. The van der Waals surface area contributed by atoms with Gasteiger partial charge in [-0.25, -0.2) is 4.79 Å². The number of anilines is 2. The second kappa shape index (κ2) is 7.02. The van der Waals surface area contributed by atoms with Crippen LogP contribution in [0.15, 0.2) is 18.2 Å². The van der Waals surface area contributed by atoms with Crippen molar-refractivity contribution in [3.8, 4) is 0 Å². The van der Waals surface area contributed by atoms with E-state index in [0.29, 0.717) is 23.8 Å². The fourth-order valence-corrected chi connectivity index (χ4v) is 1.82. The van der Waals surface area contributed by atoms with E-state index in [4.69, 9.17) is 10.5 Å². The Morgan fingerprint density at radius 1 is 1.42 bits per heavy atom. The number of carbonyl (C=O) groups excluding carboxylic acids is 1. The van der Waals surface area contributed by atoms with Gasteiger partial charge in [0, 0.05) is 13.6 Å². The van der Waals surface area contributed by atoms with Crippen molar-refractivity contribution < 1.29 is 9.53 Å². The van der Waals surface area contributed by atoms with Gasteiger partial charge in [0.15, 0.2) is 0 Å². The van der Waals surface area contributed by atoms with Crippen LogP contribution in [-0.2, 0) is 4.74 Å². The van der Waals surface area contributed by atoms with E-state index in [9.17, 15) is 4.79 Å². The van der Waals surface area contributed by atoms with Crippen LogP contribution in [0, 0.1) is 5.92 Å². The van der Waals surface area contributed by atoms with Crippen LogP contribution in [0.1, 0.15) is 37.6 Å². The normalized spacial score (nSPS) is 10.6. The molecule has 0 spiro atoms. The number of nitrogen functional groups attached to an aromatic ring is 1. The zero-order chi connectivity index (χ0) is 14.4. The van der Waals surface area contributed by atoms with Gasteiger partial charge in [-0.2, -0.15) is 0 Å². The van der Waals surface area contributed by atoms with E-state index in [1.54, 1.807) is 19.1 Å². The van der Waals surface area contributed by atoms with Crippen molar-refractivity contribution in [2.24, 2.45) is 5.92 Å². The van der Waals surface area contributed by atoms with Gasteiger partial charge < -0.3 is 15.4 Å². The lowest BCUT2D eigenvalue weighted by Crippen LogP contribution is -2.21. The maximum absolute atomic E-state index is 11.6. The predicted molar refractivity (Wildman–Crippen MR) is 79.5 cm³/mol. The molecule has 0 aliphatic heterocycles. The highest BCUT2D eigenvalue weighted by molar-refractivity contribution is 5.92. The summed E-state index contributed by atoms with van der Waals surface area (Å²) in [5.74, 6) is 0.327. The molecule has 1 aromatic rings. The Bertz CT molecular complexity index is 430. The van der Waals surface area contributed by atoms with Crippen molar-refractivity contribution in [2.45, 2.75) is 27.2 Å². The van der Waals surface area contributed by atoms with Crippen LogP contribution < -0.4 is 10.6 Å². The van der Waals surface area contributed by atoms with E-state index in [0.717, 1.165) is 18.7 Å². The number of rotatable bonds is 6. The quantitative estimate of drug-likeness (QED) is 0.634. The lowest BCUT2D eigenvalue weighted by atomic mass is 10.1. The van der Waals surface area contributed by atoms with Crippen molar-refractivity contribution >= 4 is 17.3 Å². The largest absolute Gasteiger partial charge is 0.462 e. The van der Waals surface area contributed by atoms with Gasteiger partial charge in [0.05, 0.1) is 23.5 Å². The smallest absolute Gasteiger partial charge is 0.338 e. The number of ether oxygens (including phenoxy) is 1. The molecular formula is C15H24N2O2.